The van der Waals surface area contributed by atoms with Crippen molar-refractivity contribution < 1.29 is 4.79 Å². The third kappa shape index (κ3) is 3.85. The summed E-state index contributed by atoms with van der Waals surface area (Å²) in [5, 5.41) is 3.15. The van der Waals surface area contributed by atoms with Crippen molar-refractivity contribution in [3.8, 4) is 11.4 Å². The van der Waals surface area contributed by atoms with E-state index >= 15 is 0 Å². The number of rotatable bonds is 4. The Bertz CT molecular complexity index is 937. The molecule has 0 radical (unpaired) electrons. The molecule has 2 fully saturated rings. The molecule has 6 heteroatoms. The van der Waals surface area contributed by atoms with Crippen LogP contribution in [0.5, 0.6) is 0 Å². The fraction of sp³-hybridized carbons (Fsp3) is 0.583. The van der Waals surface area contributed by atoms with Crippen LogP contribution in [0.25, 0.3) is 11.4 Å². The topological polar surface area (TPSA) is 53.4 Å². The molecule has 0 spiro atoms. The first-order valence-corrected chi connectivity index (χ1v) is 11.4. The number of hydrogen-bond donors (Lipinski definition) is 1. The third-order valence-corrected chi connectivity index (χ3v) is 6.74. The Kier molecular flexibility index (Phi) is 5.05. The molecule has 1 aromatic carbocycles. The van der Waals surface area contributed by atoms with Gasteiger partial charge in [-0.05, 0) is 56.3 Å². The predicted octanol–water partition coefficient (Wildman–Crippen LogP) is 3.83. The van der Waals surface area contributed by atoms with Gasteiger partial charge in [-0.3, -0.25) is 9.69 Å². The summed E-state index contributed by atoms with van der Waals surface area (Å²) in [6.45, 7) is 9.73. The van der Waals surface area contributed by atoms with E-state index < -0.39 is 0 Å². The number of piperidine rings is 1. The van der Waals surface area contributed by atoms with Gasteiger partial charge < -0.3 is 14.8 Å². The molecular weight excluding hydrogens is 374 g/mol. The highest BCUT2D eigenvalue weighted by atomic mass is 16.2. The lowest BCUT2D eigenvalue weighted by Gasteiger charge is -2.38. The second-order valence-corrected chi connectivity index (χ2v) is 9.81. The van der Waals surface area contributed by atoms with Gasteiger partial charge in [0.15, 0.2) is 0 Å². The highest BCUT2D eigenvalue weighted by Crippen LogP contribution is 2.38. The summed E-state index contributed by atoms with van der Waals surface area (Å²) >= 11 is 0. The van der Waals surface area contributed by atoms with Gasteiger partial charge >= 0.3 is 0 Å². The molecule has 1 amide bonds. The van der Waals surface area contributed by atoms with Crippen molar-refractivity contribution in [2.45, 2.75) is 46.2 Å². The first-order chi connectivity index (χ1) is 14.5. The van der Waals surface area contributed by atoms with Crippen LogP contribution in [-0.2, 0) is 17.9 Å². The fourth-order valence-corrected chi connectivity index (χ4v) is 5.14. The van der Waals surface area contributed by atoms with Gasteiger partial charge in [0.1, 0.15) is 5.82 Å². The second kappa shape index (κ2) is 7.73. The highest BCUT2D eigenvalue weighted by molar-refractivity contribution is 5.95. The van der Waals surface area contributed by atoms with E-state index in [1.54, 1.807) is 0 Å². The maximum absolute atomic E-state index is 12.4. The Labute approximate surface area is 179 Å². The van der Waals surface area contributed by atoms with Gasteiger partial charge in [-0.25, -0.2) is 4.98 Å². The van der Waals surface area contributed by atoms with Crippen LogP contribution in [0.2, 0.25) is 0 Å². The van der Waals surface area contributed by atoms with Gasteiger partial charge in [0.25, 0.3) is 0 Å². The van der Waals surface area contributed by atoms with Gasteiger partial charge in [-0.15, -0.1) is 0 Å². The molecule has 1 aliphatic carbocycles. The average Bonchev–Trinajstić information content (AvgIpc) is 3.48. The fourth-order valence-electron chi connectivity index (χ4n) is 5.14. The summed E-state index contributed by atoms with van der Waals surface area (Å²) in [6.07, 6.45) is 5.34. The van der Waals surface area contributed by atoms with Gasteiger partial charge in [-0.2, -0.15) is 0 Å². The lowest BCUT2D eigenvalue weighted by molar-refractivity contribution is -0.117. The average molecular weight is 408 g/mol. The lowest BCUT2D eigenvalue weighted by Crippen LogP contribution is -2.39. The summed E-state index contributed by atoms with van der Waals surface area (Å²) in [7, 11) is 2.16. The minimum Gasteiger partial charge on any atom is -0.370 e. The zero-order valence-electron chi connectivity index (χ0n) is 18.4. The molecule has 0 bridgehead atoms. The smallest absolute Gasteiger partial charge is 0.227 e. The quantitative estimate of drug-likeness (QED) is 0.837. The third-order valence-electron chi connectivity index (χ3n) is 6.74. The Morgan fingerprint density at radius 1 is 1.13 bits per heavy atom. The van der Waals surface area contributed by atoms with Crippen LogP contribution in [0.3, 0.4) is 0 Å². The number of fused-ring (bicyclic) bond motifs is 1. The van der Waals surface area contributed by atoms with E-state index in [0.717, 1.165) is 57.1 Å². The maximum atomic E-state index is 12.4. The van der Waals surface area contributed by atoms with Gasteiger partial charge in [0.2, 0.25) is 5.91 Å². The van der Waals surface area contributed by atoms with Crippen LogP contribution in [0.4, 0.5) is 11.4 Å². The highest BCUT2D eigenvalue weighted by Gasteiger charge is 2.30. The second-order valence-electron chi connectivity index (χ2n) is 9.81. The van der Waals surface area contributed by atoms with Crippen molar-refractivity contribution in [1.82, 2.24) is 14.5 Å². The summed E-state index contributed by atoms with van der Waals surface area (Å²) in [5.41, 5.74) is 4.56. The number of benzene rings is 1. The van der Waals surface area contributed by atoms with Crippen molar-refractivity contribution in [2.24, 2.45) is 17.8 Å². The number of nitrogens with one attached hydrogen (secondary N) is 1. The number of imidazole rings is 1. The first-order valence-electron chi connectivity index (χ1n) is 11.4. The zero-order valence-corrected chi connectivity index (χ0v) is 18.4. The molecule has 2 atom stereocenters. The summed E-state index contributed by atoms with van der Waals surface area (Å²) in [4.78, 5) is 22.1. The molecule has 1 saturated carbocycles. The van der Waals surface area contributed by atoms with E-state index in [9.17, 15) is 4.79 Å². The van der Waals surface area contributed by atoms with Gasteiger partial charge in [0.05, 0.1) is 11.9 Å². The molecule has 2 aromatic rings. The summed E-state index contributed by atoms with van der Waals surface area (Å²) in [6, 6.07) is 6.39. The van der Waals surface area contributed by atoms with Gasteiger partial charge in [0, 0.05) is 55.6 Å². The van der Waals surface area contributed by atoms with Crippen LogP contribution >= 0.6 is 0 Å². The van der Waals surface area contributed by atoms with Crippen LogP contribution in [0.1, 0.15) is 38.8 Å². The number of hydrogen-bond acceptors (Lipinski definition) is 4. The molecule has 1 N–H and O–H groups in total. The largest absolute Gasteiger partial charge is 0.370 e. The van der Waals surface area contributed by atoms with Crippen molar-refractivity contribution in [3.05, 3.63) is 30.1 Å². The maximum Gasteiger partial charge on any atom is 0.227 e. The van der Waals surface area contributed by atoms with Crippen molar-refractivity contribution in [1.29, 1.82) is 0 Å². The van der Waals surface area contributed by atoms with E-state index in [2.05, 4.69) is 52.7 Å². The SMILES string of the molecule is C[C@@H]1C[C@H](C)CN(c2cc(NC(=O)C3CC3)ccc2-c2ncc3n2CCN(C)C3)C1. The van der Waals surface area contributed by atoms with Crippen LogP contribution in [0.15, 0.2) is 24.4 Å². The summed E-state index contributed by atoms with van der Waals surface area (Å²) < 4.78 is 2.37. The minimum atomic E-state index is 0.162. The molecule has 30 heavy (non-hydrogen) atoms. The molecule has 5 rings (SSSR count). The normalized spacial score (nSPS) is 24.6. The zero-order chi connectivity index (χ0) is 20.8. The molecule has 0 unspecified atom stereocenters. The van der Waals surface area contributed by atoms with Crippen LogP contribution in [-0.4, -0.2) is 47.0 Å². The molecule has 1 saturated heterocycles. The number of carbonyl (C=O) groups is 1. The van der Waals surface area contributed by atoms with Crippen molar-refractivity contribution in [2.75, 3.05) is 36.9 Å². The van der Waals surface area contributed by atoms with E-state index in [1.165, 1.54) is 23.4 Å². The first kappa shape index (κ1) is 19.6. The molecule has 3 aliphatic rings. The molecule has 6 nitrogen and oxygen atoms in total. The monoisotopic (exact) mass is 407 g/mol. The summed E-state index contributed by atoms with van der Waals surface area (Å²) in [5.74, 6) is 2.75. The Balaban J connectivity index is 1.53. The number of carbonyl (C=O) groups excluding carboxylic acids is 1. The number of amides is 1. The Morgan fingerprint density at radius 2 is 1.90 bits per heavy atom. The molecule has 1 aromatic heterocycles. The van der Waals surface area contributed by atoms with Crippen molar-refractivity contribution >= 4 is 17.3 Å². The van der Waals surface area contributed by atoms with Crippen LogP contribution < -0.4 is 10.2 Å². The Hall–Kier alpha value is -2.34. The molecule has 2 aliphatic heterocycles. The number of likely N-dealkylation sites (N-methyl/N-ethyl adjacent to an activating group) is 1. The Morgan fingerprint density at radius 3 is 2.63 bits per heavy atom. The number of aromatic nitrogens is 2. The number of anilines is 2. The van der Waals surface area contributed by atoms with E-state index in [1.807, 2.05) is 12.3 Å². The van der Waals surface area contributed by atoms with Crippen molar-refractivity contribution in [3.63, 3.8) is 0 Å². The lowest BCUT2D eigenvalue weighted by atomic mass is 9.91. The predicted molar refractivity (Wildman–Crippen MR) is 121 cm³/mol. The van der Waals surface area contributed by atoms with E-state index in [0.29, 0.717) is 11.8 Å². The molecule has 160 valence electrons. The van der Waals surface area contributed by atoms with E-state index in [-0.39, 0.29) is 11.8 Å². The van der Waals surface area contributed by atoms with Crippen LogP contribution in [0, 0.1) is 17.8 Å². The van der Waals surface area contributed by atoms with E-state index in [4.69, 9.17) is 4.98 Å². The standard InChI is InChI=1S/C24H33N5O/c1-16-10-17(2)14-28(13-16)22-11-19(26-24(30)18-4-5-18)6-7-21(22)23-25-12-20-15-27(3)8-9-29(20)23/h6-7,11-12,16-18H,4-5,8-10,13-15H2,1-3H3,(H,26,30)/t16-,17+. The van der Waals surface area contributed by atoms with Gasteiger partial charge in [-0.1, -0.05) is 13.8 Å². The molecule has 3 heterocycles. The number of nitrogens with zero attached hydrogens (tertiary/aromatic N) is 4. The molecular formula is C24H33N5O. The minimum absolute atomic E-state index is 0.162.